The van der Waals surface area contributed by atoms with Gasteiger partial charge in [0.2, 0.25) is 5.95 Å². The predicted octanol–water partition coefficient (Wildman–Crippen LogP) is 17.1. The quantitative estimate of drug-likeness (QED) is 0.173. The Hall–Kier alpha value is -8.84. The third-order valence-electron chi connectivity index (χ3n) is 13.9. The largest absolute Gasteiger partial charge is 0.456 e. The number of benzene rings is 10. The van der Waals surface area contributed by atoms with Gasteiger partial charge in [-0.1, -0.05) is 140 Å². The van der Waals surface area contributed by atoms with Gasteiger partial charge >= 0.3 is 0 Å². The van der Waals surface area contributed by atoms with Gasteiger partial charge in [0.1, 0.15) is 11.2 Å². The second kappa shape index (κ2) is 14.3. The van der Waals surface area contributed by atoms with Gasteiger partial charge in [0, 0.05) is 69.1 Å². The molecule has 0 aliphatic carbocycles. The van der Waals surface area contributed by atoms with E-state index >= 15 is 0 Å². The number of para-hydroxylation sites is 3. The molecule has 0 aliphatic heterocycles. The molecule has 0 atom stereocenters. The second-order valence-electron chi connectivity index (χ2n) is 17.7. The Balaban J connectivity index is 0.964. The molecule has 0 bridgehead atoms. The maximum absolute atomic E-state index is 6.68. The lowest BCUT2D eigenvalue weighted by Crippen LogP contribution is -2.03. The van der Waals surface area contributed by atoms with Crippen LogP contribution in [0.5, 0.6) is 0 Å². The van der Waals surface area contributed by atoms with Crippen LogP contribution in [0.2, 0.25) is 0 Å². The summed E-state index contributed by atoms with van der Waals surface area (Å²) in [5.74, 6) is 0.646. The molecule has 10 aromatic carbocycles. The molecule has 0 N–H and O–H groups in total. The van der Waals surface area contributed by atoms with Gasteiger partial charge in [-0.3, -0.25) is 4.57 Å². The van der Waals surface area contributed by atoms with E-state index in [4.69, 9.17) is 14.4 Å². The number of aromatic nitrogens is 4. The summed E-state index contributed by atoms with van der Waals surface area (Å²) >= 11 is 1.83. The molecule has 0 saturated carbocycles. The fourth-order valence-electron chi connectivity index (χ4n) is 11.0. The molecule has 6 heteroatoms. The van der Waals surface area contributed by atoms with E-state index in [1.807, 2.05) is 17.4 Å². The molecule has 0 aliphatic rings. The van der Waals surface area contributed by atoms with Crippen molar-refractivity contribution in [3.05, 3.63) is 218 Å². The summed E-state index contributed by atoms with van der Waals surface area (Å²) in [7, 11) is 0. The molecule has 5 nitrogen and oxygen atoms in total. The summed E-state index contributed by atoms with van der Waals surface area (Å²) in [6.07, 6.45) is 0. The first-order valence-electron chi connectivity index (χ1n) is 23.0. The number of thiophene rings is 1. The molecule has 5 aromatic heterocycles. The number of furan rings is 1. The van der Waals surface area contributed by atoms with Crippen molar-refractivity contribution in [3.63, 3.8) is 0 Å². The van der Waals surface area contributed by atoms with Crippen LogP contribution in [0.3, 0.4) is 0 Å². The fourth-order valence-corrected chi connectivity index (χ4v) is 12.1. The van der Waals surface area contributed by atoms with Crippen LogP contribution in [0, 0.1) is 0 Å². The van der Waals surface area contributed by atoms with Crippen molar-refractivity contribution in [1.82, 2.24) is 19.1 Å². The molecule has 0 unspecified atom stereocenters. The number of hydrogen-bond acceptors (Lipinski definition) is 4. The lowest BCUT2D eigenvalue weighted by Gasteiger charge is -2.12. The molecule has 0 saturated heterocycles. The van der Waals surface area contributed by atoms with Gasteiger partial charge in [-0.25, -0.2) is 9.97 Å². The fraction of sp³-hybridized carbons (Fsp3) is 0. The van der Waals surface area contributed by atoms with E-state index in [-0.39, 0.29) is 0 Å². The molecule has 0 radical (unpaired) electrons. The van der Waals surface area contributed by atoms with E-state index in [9.17, 15) is 0 Å². The molecule has 0 amide bonds. The Morgan fingerprint density at radius 1 is 0.353 bits per heavy atom. The number of fused-ring (bicyclic) bond motifs is 13. The molecule has 0 spiro atoms. The lowest BCUT2D eigenvalue weighted by molar-refractivity contribution is 0.669. The van der Waals surface area contributed by atoms with E-state index in [1.165, 1.54) is 47.5 Å². The number of hydrogen-bond donors (Lipinski definition) is 0. The minimum atomic E-state index is 0.646. The van der Waals surface area contributed by atoms with Gasteiger partial charge in [0.25, 0.3) is 0 Å². The lowest BCUT2D eigenvalue weighted by atomic mass is 9.95. The van der Waals surface area contributed by atoms with Crippen molar-refractivity contribution in [3.8, 4) is 45.1 Å². The van der Waals surface area contributed by atoms with Crippen molar-refractivity contribution in [2.75, 3.05) is 0 Å². The van der Waals surface area contributed by atoms with Crippen molar-refractivity contribution in [1.29, 1.82) is 0 Å². The van der Waals surface area contributed by atoms with E-state index in [0.29, 0.717) is 5.95 Å². The van der Waals surface area contributed by atoms with Gasteiger partial charge in [0.05, 0.1) is 33.3 Å². The third kappa shape index (κ3) is 5.43. The molecular formula is C62H36N4OS. The monoisotopic (exact) mass is 884 g/mol. The van der Waals surface area contributed by atoms with Gasteiger partial charge < -0.3 is 8.98 Å². The Labute approximate surface area is 393 Å². The van der Waals surface area contributed by atoms with Crippen LogP contribution in [-0.4, -0.2) is 19.1 Å². The third-order valence-corrected chi connectivity index (χ3v) is 15.1. The van der Waals surface area contributed by atoms with Crippen LogP contribution in [0.1, 0.15) is 0 Å². The van der Waals surface area contributed by atoms with Crippen LogP contribution in [0.4, 0.5) is 0 Å². The van der Waals surface area contributed by atoms with Crippen LogP contribution < -0.4 is 0 Å². The van der Waals surface area contributed by atoms with E-state index in [2.05, 4.69) is 221 Å². The summed E-state index contributed by atoms with van der Waals surface area (Å²) in [6, 6.07) is 78.3. The highest BCUT2D eigenvalue weighted by atomic mass is 32.1. The highest BCUT2D eigenvalue weighted by Crippen LogP contribution is 2.45. The van der Waals surface area contributed by atoms with Crippen molar-refractivity contribution >= 4 is 108 Å². The van der Waals surface area contributed by atoms with E-state index < -0.39 is 0 Å². The van der Waals surface area contributed by atoms with Crippen LogP contribution in [0.25, 0.3) is 142 Å². The highest BCUT2D eigenvalue weighted by Gasteiger charge is 2.22. The van der Waals surface area contributed by atoms with Crippen LogP contribution in [-0.2, 0) is 0 Å². The molecule has 15 rings (SSSR count). The Kier molecular flexibility index (Phi) is 7.88. The Morgan fingerprint density at radius 3 is 1.88 bits per heavy atom. The smallest absolute Gasteiger partial charge is 0.235 e. The number of rotatable bonds is 5. The number of nitrogens with zero attached hydrogens (tertiary/aromatic N) is 4. The zero-order valence-electron chi connectivity index (χ0n) is 36.4. The Morgan fingerprint density at radius 2 is 1.01 bits per heavy atom. The zero-order chi connectivity index (χ0) is 44.5. The van der Waals surface area contributed by atoms with Gasteiger partial charge in [-0.15, -0.1) is 11.3 Å². The van der Waals surface area contributed by atoms with Gasteiger partial charge in [-0.05, 0) is 101 Å². The SMILES string of the molecule is c1ccc(-c2nc(-n3c4ccc(-c5cccc6oc7ccc(-c8cccc9c8c8ccccc8n9-c8ccccc8)cc7c56)cc4c4cc5c(cc43)sc3ccccc35)nc3ccccc23)cc1. The minimum absolute atomic E-state index is 0.646. The molecule has 15 aromatic rings. The Bertz CT molecular complexity index is 4560. The van der Waals surface area contributed by atoms with Crippen molar-refractivity contribution < 1.29 is 4.42 Å². The standard InChI is InChI=1S/C62H36N4OS/c1-3-15-37(16-4-1)61-44-20-7-10-24-50(44)63-62(64-61)66-52-31-29-38(33-46(52)47-35-48-43-19-9-12-28-57(43)68-58(48)36-54(47)66)42-23-14-27-56-60(42)49-34-39(30-32-55(49)67-56)41-22-13-26-53-59(41)45-21-8-11-25-51(45)65(53)40-17-5-2-6-18-40/h1-36H. The predicted molar refractivity (Wildman–Crippen MR) is 285 cm³/mol. The first kappa shape index (κ1) is 37.4. The molecular weight excluding hydrogens is 849 g/mol. The molecule has 5 heterocycles. The minimum Gasteiger partial charge on any atom is -0.456 e. The average Bonchev–Trinajstić information content (AvgIpc) is 4.15. The molecule has 0 fully saturated rings. The maximum Gasteiger partial charge on any atom is 0.235 e. The van der Waals surface area contributed by atoms with Crippen LogP contribution in [0.15, 0.2) is 223 Å². The average molecular weight is 885 g/mol. The van der Waals surface area contributed by atoms with Gasteiger partial charge in [0.15, 0.2) is 0 Å². The molecule has 316 valence electrons. The normalized spacial score (nSPS) is 12.1. The van der Waals surface area contributed by atoms with Crippen molar-refractivity contribution in [2.45, 2.75) is 0 Å². The maximum atomic E-state index is 6.68. The van der Waals surface area contributed by atoms with E-state index in [0.717, 1.165) is 88.3 Å². The summed E-state index contributed by atoms with van der Waals surface area (Å²) in [5, 5.41) is 10.5. The second-order valence-corrected chi connectivity index (χ2v) is 18.7. The summed E-state index contributed by atoms with van der Waals surface area (Å²) in [4.78, 5) is 10.7. The summed E-state index contributed by atoms with van der Waals surface area (Å²) in [6.45, 7) is 0. The zero-order valence-corrected chi connectivity index (χ0v) is 37.2. The van der Waals surface area contributed by atoms with Crippen LogP contribution >= 0.6 is 11.3 Å². The summed E-state index contributed by atoms with van der Waals surface area (Å²) in [5.41, 5.74) is 14.8. The topological polar surface area (TPSA) is 48.8 Å². The first-order valence-corrected chi connectivity index (χ1v) is 23.8. The highest BCUT2D eigenvalue weighted by molar-refractivity contribution is 7.25. The van der Waals surface area contributed by atoms with E-state index in [1.54, 1.807) is 0 Å². The van der Waals surface area contributed by atoms with Crippen molar-refractivity contribution in [2.24, 2.45) is 0 Å². The first-order chi connectivity index (χ1) is 33.7. The molecule has 68 heavy (non-hydrogen) atoms. The van der Waals surface area contributed by atoms with Gasteiger partial charge in [-0.2, -0.15) is 0 Å². The summed E-state index contributed by atoms with van der Waals surface area (Å²) < 4.78 is 13.8.